The van der Waals surface area contributed by atoms with Gasteiger partial charge in [-0.05, 0) is 12.5 Å². The molecule has 0 aliphatic heterocycles. The van der Waals surface area contributed by atoms with Gasteiger partial charge in [-0.3, -0.25) is 0 Å². The second-order valence-corrected chi connectivity index (χ2v) is 11.7. The molecule has 0 N–H and O–H groups in total. The first-order chi connectivity index (χ1) is 9.49. The summed E-state index contributed by atoms with van der Waals surface area (Å²) >= 11 is 0. The SMILES string of the molecule is CCCCCC=O.C[Si](C)(C)CCOCn1ccnc1. The van der Waals surface area contributed by atoms with Gasteiger partial charge in [0.1, 0.15) is 13.0 Å². The summed E-state index contributed by atoms with van der Waals surface area (Å²) in [5.41, 5.74) is 0. The number of aldehydes is 1. The smallest absolute Gasteiger partial charge is 0.123 e. The van der Waals surface area contributed by atoms with Crippen molar-refractivity contribution in [3.8, 4) is 0 Å². The monoisotopic (exact) mass is 298 g/mol. The van der Waals surface area contributed by atoms with Crippen LogP contribution in [0, 0.1) is 0 Å². The Bertz CT molecular complexity index is 321. The molecule has 0 aromatic carbocycles. The van der Waals surface area contributed by atoms with Gasteiger partial charge in [-0.25, -0.2) is 4.98 Å². The van der Waals surface area contributed by atoms with Crippen LogP contribution in [-0.2, 0) is 16.3 Å². The van der Waals surface area contributed by atoms with E-state index in [1.807, 2.05) is 10.8 Å². The van der Waals surface area contributed by atoms with E-state index in [1.54, 1.807) is 12.5 Å². The summed E-state index contributed by atoms with van der Waals surface area (Å²) < 4.78 is 7.45. The van der Waals surface area contributed by atoms with E-state index in [2.05, 4.69) is 31.5 Å². The molecule has 0 spiro atoms. The lowest BCUT2D eigenvalue weighted by atomic mass is 10.2. The third-order valence-electron chi connectivity index (χ3n) is 2.72. The van der Waals surface area contributed by atoms with Gasteiger partial charge in [0.15, 0.2) is 0 Å². The van der Waals surface area contributed by atoms with E-state index in [9.17, 15) is 4.79 Å². The number of carbonyl (C=O) groups is 1. The Kier molecular flexibility index (Phi) is 11.3. The summed E-state index contributed by atoms with van der Waals surface area (Å²) in [5, 5.41) is 0. The van der Waals surface area contributed by atoms with E-state index in [4.69, 9.17) is 4.74 Å². The number of hydrogen-bond acceptors (Lipinski definition) is 3. The van der Waals surface area contributed by atoms with Crippen LogP contribution in [0.5, 0.6) is 0 Å². The number of imidazole rings is 1. The molecule has 1 heterocycles. The minimum atomic E-state index is -0.929. The summed E-state index contributed by atoms with van der Waals surface area (Å²) in [6, 6.07) is 1.22. The molecule has 0 unspecified atom stereocenters. The van der Waals surface area contributed by atoms with Crippen LogP contribution in [0.3, 0.4) is 0 Å². The van der Waals surface area contributed by atoms with Gasteiger partial charge in [-0.15, -0.1) is 0 Å². The standard InChI is InChI=1S/C9H18N2OSi.C6H12O/c1-13(2,3)7-6-12-9-11-5-4-10-8-11;1-2-3-4-5-6-7/h4-5,8H,6-7,9H2,1-3H3;6H,2-5H2,1H3. The molecule has 0 bridgehead atoms. The van der Waals surface area contributed by atoms with Crippen LogP contribution in [0.25, 0.3) is 0 Å². The Balaban J connectivity index is 0.000000441. The van der Waals surface area contributed by atoms with Crippen LogP contribution in [-0.4, -0.2) is 30.5 Å². The molecule has 1 aromatic rings. The van der Waals surface area contributed by atoms with Crippen LogP contribution < -0.4 is 0 Å². The van der Waals surface area contributed by atoms with Gasteiger partial charge in [0.25, 0.3) is 0 Å². The maximum Gasteiger partial charge on any atom is 0.123 e. The minimum absolute atomic E-state index is 0.629. The number of carbonyl (C=O) groups excluding carboxylic acids is 1. The number of nitrogens with zero attached hydrogens (tertiary/aromatic N) is 2. The Morgan fingerprint density at radius 1 is 1.30 bits per heavy atom. The van der Waals surface area contributed by atoms with Crippen molar-refractivity contribution in [2.45, 2.75) is 65.0 Å². The van der Waals surface area contributed by atoms with E-state index in [1.165, 1.54) is 18.9 Å². The van der Waals surface area contributed by atoms with Crippen LogP contribution in [0.2, 0.25) is 25.7 Å². The number of unbranched alkanes of at least 4 members (excludes halogenated alkanes) is 3. The lowest BCUT2D eigenvalue weighted by Gasteiger charge is -2.15. The molecule has 0 aliphatic rings. The van der Waals surface area contributed by atoms with Gasteiger partial charge in [-0.2, -0.15) is 0 Å². The largest absolute Gasteiger partial charge is 0.361 e. The van der Waals surface area contributed by atoms with Crippen LogP contribution in [0.15, 0.2) is 18.7 Å². The second kappa shape index (κ2) is 11.8. The maximum absolute atomic E-state index is 9.68. The molecule has 0 saturated heterocycles. The van der Waals surface area contributed by atoms with E-state index < -0.39 is 8.07 Å². The van der Waals surface area contributed by atoms with Gasteiger partial charge in [0, 0.05) is 33.5 Å². The molecule has 0 radical (unpaired) electrons. The highest BCUT2D eigenvalue weighted by Gasteiger charge is 2.11. The van der Waals surface area contributed by atoms with E-state index >= 15 is 0 Å². The lowest BCUT2D eigenvalue weighted by Crippen LogP contribution is -2.21. The predicted octanol–water partition coefficient (Wildman–Crippen LogP) is 3.96. The highest BCUT2D eigenvalue weighted by Crippen LogP contribution is 2.07. The first-order valence-corrected chi connectivity index (χ1v) is 11.2. The highest BCUT2D eigenvalue weighted by molar-refractivity contribution is 6.76. The summed E-state index contributed by atoms with van der Waals surface area (Å²) in [4.78, 5) is 13.6. The molecule has 0 saturated carbocycles. The molecule has 0 amide bonds. The van der Waals surface area contributed by atoms with Crippen molar-refractivity contribution in [2.24, 2.45) is 0 Å². The second-order valence-electron chi connectivity index (χ2n) is 6.09. The van der Waals surface area contributed by atoms with E-state index in [0.29, 0.717) is 6.73 Å². The van der Waals surface area contributed by atoms with Crippen molar-refractivity contribution in [1.82, 2.24) is 9.55 Å². The molecule has 116 valence electrons. The average molecular weight is 299 g/mol. The van der Waals surface area contributed by atoms with Gasteiger partial charge in [0.2, 0.25) is 0 Å². The fraction of sp³-hybridized carbons (Fsp3) is 0.733. The van der Waals surface area contributed by atoms with Gasteiger partial charge >= 0.3 is 0 Å². The third-order valence-corrected chi connectivity index (χ3v) is 4.43. The summed E-state index contributed by atoms with van der Waals surface area (Å²) in [6.07, 6.45) is 10.6. The zero-order valence-electron chi connectivity index (χ0n) is 13.5. The Hall–Kier alpha value is -0.943. The molecule has 20 heavy (non-hydrogen) atoms. The number of aromatic nitrogens is 2. The molecule has 0 atom stereocenters. The fourth-order valence-corrected chi connectivity index (χ4v) is 2.15. The van der Waals surface area contributed by atoms with E-state index in [-0.39, 0.29) is 0 Å². The van der Waals surface area contributed by atoms with Crippen molar-refractivity contribution >= 4 is 14.4 Å². The van der Waals surface area contributed by atoms with Gasteiger partial charge in [-0.1, -0.05) is 39.4 Å². The molecule has 5 heteroatoms. The molecular weight excluding hydrogens is 268 g/mol. The Morgan fingerprint density at radius 3 is 2.55 bits per heavy atom. The average Bonchev–Trinajstić information content (AvgIpc) is 2.88. The van der Waals surface area contributed by atoms with Gasteiger partial charge in [0.05, 0.1) is 6.33 Å². The first-order valence-electron chi connectivity index (χ1n) is 7.46. The van der Waals surface area contributed by atoms with Crippen molar-refractivity contribution in [3.63, 3.8) is 0 Å². The molecule has 1 rings (SSSR count). The minimum Gasteiger partial charge on any atom is -0.361 e. The summed E-state index contributed by atoms with van der Waals surface area (Å²) in [5.74, 6) is 0. The Morgan fingerprint density at radius 2 is 2.05 bits per heavy atom. The Labute approximate surface area is 124 Å². The fourth-order valence-electron chi connectivity index (χ4n) is 1.39. The van der Waals surface area contributed by atoms with Crippen molar-refractivity contribution in [3.05, 3.63) is 18.7 Å². The van der Waals surface area contributed by atoms with Crippen molar-refractivity contribution in [2.75, 3.05) is 6.61 Å². The van der Waals surface area contributed by atoms with Gasteiger partial charge < -0.3 is 14.1 Å². The zero-order chi connectivity index (χ0) is 15.3. The molecular formula is C15H30N2O2Si. The molecule has 0 fully saturated rings. The predicted molar refractivity (Wildman–Crippen MR) is 86.5 cm³/mol. The van der Waals surface area contributed by atoms with Crippen molar-refractivity contribution < 1.29 is 9.53 Å². The summed E-state index contributed by atoms with van der Waals surface area (Å²) in [6.45, 7) is 10.7. The molecule has 4 nitrogen and oxygen atoms in total. The lowest BCUT2D eigenvalue weighted by molar-refractivity contribution is -0.107. The normalized spacial score (nSPS) is 10.8. The molecule has 1 aromatic heterocycles. The van der Waals surface area contributed by atoms with Crippen LogP contribution >= 0.6 is 0 Å². The van der Waals surface area contributed by atoms with Crippen molar-refractivity contribution in [1.29, 1.82) is 0 Å². The highest BCUT2D eigenvalue weighted by atomic mass is 28.3. The summed E-state index contributed by atoms with van der Waals surface area (Å²) in [7, 11) is -0.929. The van der Waals surface area contributed by atoms with E-state index in [0.717, 1.165) is 25.7 Å². The molecule has 0 aliphatic carbocycles. The number of hydrogen-bond donors (Lipinski definition) is 0. The number of ether oxygens (including phenoxy) is 1. The maximum atomic E-state index is 9.68. The third kappa shape index (κ3) is 13.5. The topological polar surface area (TPSA) is 44.1 Å². The quantitative estimate of drug-likeness (QED) is 0.394. The zero-order valence-corrected chi connectivity index (χ0v) is 14.5. The number of rotatable bonds is 9. The van der Waals surface area contributed by atoms with Crippen LogP contribution in [0.1, 0.15) is 32.6 Å². The first kappa shape index (κ1) is 19.1. The van der Waals surface area contributed by atoms with Crippen LogP contribution in [0.4, 0.5) is 0 Å².